The van der Waals surface area contributed by atoms with Gasteiger partial charge in [0.1, 0.15) is 23.3 Å². The van der Waals surface area contributed by atoms with Crippen molar-refractivity contribution in [3.8, 4) is 23.3 Å². The zero-order valence-electron chi connectivity index (χ0n) is 17.0. The normalized spacial score (nSPS) is 14.4. The van der Waals surface area contributed by atoms with Crippen LogP contribution in [0.3, 0.4) is 0 Å². The number of ether oxygens (including phenoxy) is 2. The lowest BCUT2D eigenvalue weighted by Gasteiger charge is -2.24. The molecule has 0 spiro atoms. The smallest absolute Gasteiger partial charge is 0.311 e. The minimum absolute atomic E-state index is 0.185. The first kappa shape index (κ1) is 22.5. The predicted octanol–water partition coefficient (Wildman–Crippen LogP) is 5.86. The summed E-state index contributed by atoms with van der Waals surface area (Å²) < 4.78 is 11.4. The maximum Gasteiger partial charge on any atom is 0.311 e. The third-order valence-electron chi connectivity index (χ3n) is 5.09. The Bertz CT molecular complexity index is 1290. The Balaban J connectivity index is 1.53. The number of hydrogen-bond acceptors (Lipinski definition) is 5. The summed E-state index contributed by atoms with van der Waals surface area (Å²) in [5.41, 5.74) is 1.43. The molecule has 0 aromatic heterocycles. The third-order valence-corrected chi connectivity index (χ3v) is 5.64. The number of anilines is 1. The van der Waals surface area contributed by atoms with Crippen LogP contribution in [0.5, 0.6) is 17.2 Å². The van der Waals surface area contributed by atoms with Crippen LogP contribution in [0.2, 0.25) is 10.0 Å². The number of nitriles is 1. The fourth-order valence-electron chi connectivity index (χ4n) is 3.43. The Hall–Kier alpha value is -3.73. The van der Waals surface area contributed by atoms with Crippen LogP contribution in [0.4, 0.5) is 5.69 Å². The molecule has 0 saturated carbocycles. The number of hydrogen-bond donors (Lipinski definition) is 2. The second-order valence-electron chi connectivity index (χ2n) is 7.23. The van der Waals surface area contributed by atoms with Crippen molar-refractivity contribution < 1.29 is 24.2 Å². The van der Waals surface area contributed by atoms with Crippen LogP contribution in [0.1, 0.15) is 33.8 Å². The van der Waals surface area contributed by atoms with E-state index in [0.717, 1.165) is 0 Å². The Morgan fingerprint density at radius 2 is 1.88 bits per heavy atom. The van der Waals surface area contributed by atoms with Crippen molar-refractivity contribution in [3.63, 3.8) is 0 Å². The second-order valence-corrected chi connectivity index (χ2v) is 8.07. The first-order valence-electron chi connectivity index (χ1n) is 9.83. The molecule has 7 nitrogen and oxygen atoms in total. The maximum absolute atomic E-state index is 12.5. The van der Waals surface area contributed by atoms with Gasteiger partial charge < -0.3 is 19.9 Å². The average molecular weight is 483 g/mol. The van der Waals surface area contributed by atoms with Crippen LogP contribution in [-0.4, -0.2) is 23.6 Å². The van der Waals surface area contributed by atoms with Crippen molar-refractivity contribution in [2.75, 3.05) is 11.9 Å². The summed E-state index contributed by atoms with van der Waals surface area (Å²) in [6.45, 7) is 0.261. The summed E-state index contributed by atoms with van der Waals surface area (Å²) >= 11 is 12.0. The van der Waals surface area contributed by atoms with Crippen molar-refractivity contribution >= 4 is 40.8 Å². The number of halogens is 2. The third kappa shape index (κ3) is 4.87. The predicted molar refractivity (Wildman–Crippen MR) is 123 cm³/mol. The van der Waals surface area contributed by atoms with Gasteiger partial charge in [-0.05, 0) is 55.0 Å². The quantitative estimate of drug-likeness (QED) is 0.471. The van der Waals surface area contributed by atoms with Crippen LogP contribution < -0.4 is 14.8 Å². The van der Waals surface area contributed by atoms with Gasteiger partial charge in [0.2, 0.25) is 0 Å². The van der Waals surface area contributed by atoms with Gasteiger partial charge in [-0.25, -0.2) is 0 Å². The lowest BCUT2D eigenvalue weighted by molar-refractivity contribution is -0.139. The molecule has 9 heteroatoms. The lowest BCUT2D eigenvalue weighted by Crippen LogP contribution is -2.21. The molecule has 3 aromatic carbocycles. The van der Waals surface area contributed by atoms with Crippen molar-refractivity contribution in [3.05, 3.63) is 81.3 Å². The molecule has 166 valence electrons. The van der Waals surface area contributed by atoms with Crippen LogP contribution >= 0.6 is 23.2 Å². The van der Waals surface area contributed by atoms with Gasteiger partial charge in [0.25, 0.3) is 5.91 Å². The standard InChI is InChI=1S/C24H16Cl2N2O5/c25-15-3-6-20(19(26)10-15)28-23(29)13-1-4-16(5-2-13)33-21-11-22-18(9-14(21)12-27)17(24(30)31)7-8-32-22/h1-6,9-11,17H,7-8H2,(H,28,29)(H,30,31). The molecule has 1 atom stereocenters. The van der Waals surface area contributed by atoms with Gasteiger partial charge in [0.05, 0.1) is 28.8 Å². The molecule has 0 radical (unpaired) electrons. The second kappa shape index (κ2) is 9.41. The number of nitrogens with one attached hydrogen (secondary N) is 1. The molecule has 0 aliphatic carbocycles. The van der Waals surface area contributed by atoms with Crippen LogP contribution in [0.25, 0.3) is 0 Å². The highest BCUT2D eigenvalue weighted by molar-refractivity contribution is 6.36. The zero-order valence-corrected chi connectivity index (χ0v) is 18.5. The Morgan fingerprint density at radius 1 is 1.12 bits per heavy atom. The number of carbonyl (C=O) groups excluding carboxylic acids is 1. The van der Waals surface area contributed by atoms with Crippen molar-refractivity contribution in [2.24, 2.45) is 0 Å². The Morgan fingerprint density at radius 3 is 2.55 bits per heavy atom. The SMILES string of the molecule is N#Cc1cc2c(cc1Oc1ccc(C(=O)Nc3ccc(Cl)cc3Cl)cc1)OCCC2C(=O)O. The van der Waals surface area contributed by atoms with E-state index in [1.165, 1.54) is 18.2 Å². The molecule has 33 heavy (non-hydrogen) atoms. The summed E-state index contributed by atoms with van der Waals surface area (Å²) in [5.74, 6) is -1.08. The molecule has 0 saturated heterocycles. The highest BCUT2D eigenvalue weighted by Crippen LogP contribution is 2.39. The van der Waals surface area contributed by atoms with E-state index >= 15 is 0 Å². The maximum atomic E-state index is 12.5. The van der Waals surface area contributed by atoms with Gasteiger partial charge in [-0.3, -0.25) is 9.59 Å². The minimum Gasteiger partial charge on any atom is -0.493 e. The number of aliphatic carboxylic acids is 1. The molecule has 1 amide bonds. The number of benzene rings is 3. The largest absolute Gasteiger partial charge is 0.493 e. The number of nitrogens with zero attached hydrogens (tertiary/aromatic N) is 1. The molecule has 1 aliphatic rings. The van der Waals surface area contributed by atoms with E-state index < -0.39 is 11.9 Å². The molecule has 3 aromatic rings. The fraction of sp³-hybridized carbons (Fsp3) is 0.125. The van der Waals surface area contributed by atoms with Gasteiger partial charge in [0.15, 0.2) is 0 Å². The van der Waals surface area contributed by atoms with Gasteiger partial charge in [-0.2, -0.15) is 5.26 Å². The molecule has 1 aliphatic heterocycles. The first-order chi connectivity index (χ1) is 15.9. The molecule has 1 heterocycles. The highest BCUT2D eigenvalue weighted by atomic mass is 35.5. The Kier molecular flexibility index (Phi) is 6.40. The monoisotopic (exact) mass is 482 g/mol. The van der Waals surface area contributed by atoms with E-state index in [1.54, 1.807) is 36.4 Å². The fourth-order valence-corrected chi connectivity index (χ4v) is 3.89. The summed E-state index contributed by atoms with van der Waals surface area (Å²) in [7, 11) is 0. The highest BCUT2D eigenvalue weighted by Gasteiger charge is 2.29. The number of rotatable bonds is 5. The minimum atomic E-state index is -0.967. The number of carbonyl (C=O) groups is 2. The van der Waals surface area contributed by atoms with E-state index in [2.05, 4.69) is 5.32 Å². The molecule has 0 fully saturated rings. The summed E-state index contributed by atoms with van der Waals surface area (Å²) in [6.07, 6.45) is 0.332. The number of amides is 1. The van der Waals surface area contributed by atoms with Crippen molar-refractivity contribution in [1.29, 1.82) is 5.26 Å². The van der Waals surface area contributed by atoms with E-state index in [0.29, 0.717) is 44.8 Å². The molecule has 1 unspecified atom stereocenters. The van der Waals surface area contributed by atoms with E-state index in [-0.39, 0.29) is 23.8 Å². The molecular weight excluding hydrogens is 467 g/mol. The van der Waals surface area contributed by atoms with E-state index in [1.807, 2.05) is 6.07 Å². The average Bonchev–Trinajstić information content (AvgIpc) is 2.80. The number of fused-ring (bicyclic) bond motifs is 1. The molecule has 0 bridgehead atoms. The molecule has 2 N–H and O–H groups in total. The van der Waals surface area contributed by atoms with Crippen molar-refractivity contribution in [1.82, 2.24) is 0 Å². The summed E-state index contributed by atoms with van der Waals surface area (Å²) in [4.78, 5) is 24.0. The van der Waals surface area contributed by atoms with E-state index in [9.17, 15) is 20.0 Å². The van der Waals surface area contributed by atoms with Crippen LogP contribution in [-0.2, 0) is 4.79 Å². The van der Waals surface area contributed by atoms with Gasteiger partial charge >= 0.3 is 5.97 Å². The Labute approximate surface area is 199 Å². The zero-order chi connectivity index (χ0) is 23.5. The topological polar surface area (TPSA) is 109 Å². The lowest BCUT2D eigenvalue weighted by atomic mass is 9.91. The summed E-state index contributed by atoms with van der Waals surface area (Å²) in [5, 5.41) is 22.4. The molecular formula is C24H16Cl2N2O5. The van der Waals surface area contributed by atoms with Gasteiger partial charge in [-0.1, -0.05) is 23.2 Å². The van der Waals surface area contributed by atoms with Gasteiger partial charge in [0, 0.05) is 22.2 Å². The van der Waals surface area contributed by atoms with Crippen LogP contribution in [0, 0.1) is 11.3 Å². The first-order valence-corrected chi connectivity index (χ1v) is 10.6. The number of carboxylic acid groups (broad SMARTS) is 1. The molecule has 4 rings (SSSR count). The van der Waals surface area contributed by atoms with Gasteiger partial charge in [-0.15, -0.1) is 0 Å². The van der Waals surface area contributed by atoms with Crippen LogP contribution in [0.15, 0.2) is 54.6 Å². The van der Waals surface area contributed by atoms with E-state index in [4.69, 9.17) is 32.7 Å². The number of carboxylic acids is 1. The summed E-state index contributed by atoms with van der Waals surface area (Å²) in [6, 6.07) is 16.1. The van der Waals surface area contributed by atoms with Crippen molar-refractivity contribution in [2.45, 2.75) is 12.3 Å².